The molecule has 1 saturated carbocycles. The summed E-state index contributed by atoms with van der Waals surface area (Å²) < 4.78 is 6.48. The largest absolute Gasteiger partial charge is 0.377 e. The van der Waals surface area contributed by atoms with E-state index in [1.165, 1.54) is 12.0 Å². The van der Waals surface area contributed by atoms with Gasteiger partial charge in [0, 0.05) is 0 Å². The van der Waals surface area contributed by atoms with Gasteiger partial charge in [0.05, 0.1) is 20.6 Å². The Bertz CT molecular complexity index is 981. The zero-order valence-corrected chi connectivity index (χ0v) is 20.1. The topological polar surface area (TPSA) is 59.2 Å². The highest BCUT2D eigenvalue weighted by atomic mass is 16.5. The molecule has 5 nitrogen and oxygen atoms in total. The summed E-state index contributed by atoms with van der Waals surface area (Å²) >= 11 is 0. The molecule has 33 heavy (non-hydrogen) atoms. The summed E-state index contributed by atoms with van der Waals surface area (Å²) in [5.74, 6) is 1.13. The number of benzene rings is 2. The maximum Gasteiger partial charge on any atom is 0.281 e. The van der Waals surface area contributed by atoms with Gasteiger partial charge in [0.2, 0.25) is 5.82 Å². The number of quaternary nitrogens is 1. The molecule has 4 rings (SSSR count). The van der Waals surface area contributed by atoms with E-state index in [-0.39, 0.29) is 5.92 Å². The van der Waals surface area contributed by atoms with Crippen molar-refractivity contribution < 1.29 is 14.1 Å². The molecule has 1 atom stereocenters. The van der Waals surface area contributed by atoms with Crippen molar-refractivity contribution >= 4 is 0 Å². The zero-order valence-electron chi connectivity index (χ0n) is 20.1. The first-order valence-corrected chi connectivity index (χ1v) is 12.4. The molecule has 0 radical (unpaired) electrons. The van der Waals surface area contributed by atoms with E-state index in [1.54, 1.807) is 0 Å². The van der Waals surface area contributed by atoms with Crippen LogP contribution in [0.2, 0.25) is 0 Å². The first-order chi connectivity index (χ1) is 16.0. The first-order valence-electron chi connectivity index (χ1n) is 12.4. The fraction of sp³-hybridized carbons (Fsp3) is 0.500. The molecular formula is C28H38N3O2+. The minimum atomic E-state index is -1.20. The highest BCUT2D eigenvalue weighted by Crippen LogP contribution is 2.42. The Balaban J connectivity index is 1.42. The minimum Gasteiger partial charge on any atom is -0.377 e. The van der Waals surface area contributed by atoms with Crippen LogP contribution >= 0.6 is 0 Å². The number of hydrogen-bond donors (Lipinski definition) is 1. The molecule has 0 aliphatic heterocycles. The van der Waals surface area contributed by atoms with E-state index < -0.39 is 5.60 Å². The van der Waals surface area contributed by atoms with E-state index in [9.17, 15) is 5.11 Å². The lowest BCUT2D eigenvalue weighted by molar-refractivity contribution is -0.905. The predicted octanol–water partition coefficient (Wildman–Crippen LogP) is 5.49. The molecule has 176 valence electrons. The van der Waals surface area contributed by atoms with Gasteiger partial charge in [0.25, 0.3) is 5.89 Å². The molecule has 1 aliphatic carbocycles. The van der Waals surface area contributed by atoms with Crippen molar-refractivity contribution in [3.63, 3.8) is 0 Å². The van der Waals surface area contributed by atoms with Crippen LogP contribution in [-0.4, -0.2) is 40.4 Å². The summed E-state index contributed by atoms with van der Waals surface area (Å²) in [4.78, 5) is 4.75. The fourth-order valence-corrected chi connectivity index (χ4v) is 5.19. The number of nitrogens with zero attached hydrogens (tertiary/aromatic N) is 3. The summed E-state index contributed by atoms with van der Waals surface area (Å²) in [5.41, 5.74) is 1.06. The number of aryl methyl sites for hydroxylation is 1. The number of aromatic nitrogens is 2. The second-order valence-corrected chi connectivity index (χ2v) is 10.2. The van der Waals surface area contributed by atoms with Crippen molar-refractivity contribution in [1.82, 2.24) is 10.1 Å². The van der Waals surface area contributed by atoms with E-state index in [0.717, 1.165) is 61.5 Å². The standard InChI is InChI=1S/C28H38N3O2/c1-31(2,21-13-12-16-23-14-6-3-7-15-23)22-26-29-27(30-33-26)28(32,24-17-8-4-9-18-24)25-19-10-5-11-20-25/h3-4,6-9,14-15,17-18,25,32H,5,10-13,16,19-22H2,1-2H3/q+1. The van der Waals surface area contributed by atoms with E-state index in [2.05, 4.69) is 49.6 Å². The third-order valence-corrected chi connectivity index (χ3v) is 7.10. The molecule has 3 aromatic rings. The van der Waals surface area contributed by atoms with Gasteiger partial charge in [0.15, 0.2) is 12.1 Å². The third kappa shape index (κ3) is 5.90. The smallest absolute Gasteiger partial charge is 0.281 e. The molecule has 2 aromatic carbocycles. The van der Waals surface area contributed by atoms with E-state index >= 15 is 0 Å². The maximum absolute atomic E-state index is 12.0. The zero-order chi connectivity index (χ0) is 23.2. The quantitative estimate of drug-likeness (QED) is 0.329. The molecular weight excluding hydrogens is 410 g/mol. The summed E-state index contributed by atoms with van der Waals surface area (Å²) in [5, 5.41) is 16.3. The monoisotopic (exact) mass is 448 g/mol. The van der Waals surface area contributed by atoms with Gasteiger partial charge in [-0.15, -0.1) is 0 Å². The minimum absolute atomic E-state index is 0.111. The molecule has 1 heterocycles. The second-order valence-electron chi connectivity index (χ2n) is 10.2. The van der Waals surface area contributed by atoms with Gasteiger partial charge in [-0.1, -0.05) is 85.1 Å². The predicted molar refractivity (Wildman–Crippen MR) is 130 cm³/mol. The number of rotatable bonds is 10. The molecule has 1 unspecified atom stereocenters. The Morgan fingerprint density at radius 2 is 1.61 bits per heavy atom. The van der Waals surface area contributed by atoms with Crippen LogP contribution < -0.4 is 0 Å². The van der Waals surface area contributed by atoms with E-state index in [4.69, 9.17) is 9.51 Å². The molecule has 0 amide bonds. The summed E-state index contributed by atoms with van der Waals surface area (Å²) in [7, 11) is 4.41. The lowest BCUT2D eigenvalue weighted by Crippen LogP contribution is -2.40. The van der Waals surface area contributed by atoms with Crippen molar-refractivity contribution in [2.24, 2.45) is 5.92 Å². The molecule has 0 bridgehead atoms. The summed E-state index contributed by atoms with van der Waals surface area (Å²) in [6.45, 7) is 1.70. The van der Waals surface area contributed by atoms with Gasteiger partial charge in [0.1, 0.15) is 0 Å². The second kappa shape index (κ2) is 10.6. The van der Waals surface area contributed by atoms with Crippen molar-refractivity contribution in [2.45, 2.75) is 63.5 Å². The highest BCUT2D eigenvalue weighted by Gasteiger charge is 2.44. The first kappa shape index (κ1) is 23.7. The van der Waals surface area contributed by atoms with Crippen LogP contribution in [-0.2, 0) is 18.6 Å². The Hall–Kier alpha value is -2.50. The Morgan fingerprint density at radius 1 is 0.939 bits per heavy atom. The SMILES string of the molecule is C[N+](C)(CCCCc1ccccc1)Cc1nc(C(O)(c2ccccc2)C2CCCCC2)no1. The normalized spacial score (nSPS) is 17.1. The van der Waals surface area contributed by atoms with Gasteiger partial charge in [-0.3, -0.25) is 0 Å². The number of unbranched alkanes of at least 4 members (excludes halogenated alkanes) is 1. The Labute approximate surface area is 198 Å². The van der Waals surface area contributed by atoms with Gasteiger partial charge >= 0.3 is 0 Å². The number of aliphatic hydroxyl groups is 1. The Kier molecular flexibility index (Phi) is 7.61. The van der Waals surface area contributed by atoms with Crippen LogP contribution in [0, 0.1) is 5.92 Å². The van der Waals surface area contributed by atoms with Crippen molar-refractivity contribution in [3.05, 3.63) is 83.5 Å². The number of hydrogen-bond acceptors (Lipinski definition) is 4. The van der Waals surface area contributed by atoms with Crippen LogP contribution in [0.3, 0.4) is 0 Å². The van der Waals surface area contributed by atoms with Crippen LogP contribution in [0.25, 0.3) is 0 Å². The van der Waals surface area contributed by atoms with Crippen molar-refractivity contribution in [3.8, 4) is 0 Å². The molecule has 0 spiro atoms. The molecule has 1 fully saturated rings. The van der Waals surface area contributed by atoms with E-state index in [0.29, 0.717) is 18.3 Å². The average Bonchev–Trinajstić information content (AvgIpc) is 3.31. The lowest BCUT2D eigenvalue weighted by atomic mass is 9.73. The maximum atomic E-state index is 12.0. The van der Waals surface area contributed by atoms with Gasteiger partial charge in [-0.05, 0) is 49.1 Å². The molecule has 5 heteroatoms. The van der Waals surface area contributed by atoms with Crippen LogP contribution in [0.15, 0.2) is 65.2 Å². The van der Waals surface area contributed by atoms with Gasteiger partial charge < -0.3 is 14.1 Å². The molecule has 1 aromatic heterocycles. The average molecular weight is 449 g/mol. The summed E-state index contributed by atoms with van der Waals surface area (Å²) in [6.07, 6.45) is 8.88. The molecule has 0 saturated heterocycles. The molecule has 1 aliphatic rings. The van der Waals surface area contributed by atoms with Crippen LogP contribution in [0.5, 0.6) is 0 Å². The van der Waals surface area contributed by atoms with Crippen molar-refractivity contribution in [2.75, 3.05) is 20.6 Å². The highest BCUT2D eigenvalue weighted by molar-refractivity contribution is 5.30. The molecule has 1 N–H and O–H groups in total. The summed E-state index contributed by atoms with van der Waals surface area (Å²) in [6, 6.07) is 20.5. The Morgan fingerprint density at radius 3 is 2.30 bits per heavy atom. The van der Waals surface area contributed by atoms with Crippen LogP contribution in [0.1, 0.15) is 67.8 Å². The third-order valence-electron chi connectivity index (χ3n) is 7.10. The van der Waals surface area contributed by atoms with E-state index in [1.807, 2.05) is 30.3 Å². The lowest BCUT2D eigenvalue weighted by Gasteiger charge is -2.36. The fourth-order valence-electron chi connectivity index (χ4n) is 5.19. The van der Waals surface area contributed by atoms with Gasteiger partial charge in [-0.25, -0.2) is 0 Å². The van der Waals surface area contributed by atoms with Crippen LogP contribution in [0.4, 0.5) is 0 Å². The van der Waals surface area contributed by atoms with Crippen molar-refractivity contribution in [1.29, 1.82) is 0 Å². The van der Waals surface area contributed by atoms with Gasteiger partial charge in [-0.2, -0.15) is 4.98 Å².